The summed E-state index contributed by atoms with van der Waals surface area (Å²) in [6.45, 7) is 1.45. The Kier molecular flexibility index (Phi) is 6.41. The number of ether oxygens (including phenoxy) is 1. The zero-order valence-corrected chi connectivity index (χ0v) is 17.7. The average Bonchev–Trinajstić information content (AvgIpc) is 3.08. The summed E-state index contributed by atoms with van der Waals surface area (Å²) in [6.07, 6.45) is 0.653. The largest absolute Gasteiger partial charge is 0.479 e. The normalized spacial score (nSPS) is 16.8. The van der Waals surface area contributed by atoms with Crippen molar-refractivity contribution in [2.45, 2.75) is 44.2 Å². The van der Waals surface area contributed by atoms with Gasteiger partial charge in [0, 0.05) is 5.92 Å². The van der Waals surface area contributed by atoms with Crippen LogP contribution in [0.1, 0.15) is 43.2 Å². The molecule has 168 valence electrons. The number of fused-ring (bicyclic) bond motifs is 3. The maximum Gasteiger partial charge on any atom is 0.407 e. The molecule has 1 fully saturated rings. The van der Waals surface area contributed by atoms with E-state index in [1.165, 1.54) is 6.92 Å². The first-order chi connectivity index (χ1) is 15.5. The van der Waals surface area contributed by atoms with Crippen LogP contribution >= 0.6 is 0 Å². The number of hydroxylamine groups is 1. The minimum atomic E-state index is -1.20. The van der Waals surface area contributed by atoms with Crippen molar-refractivity contribution in [3.05, 3.63) is 59.7 Å². The fourth-order valence-electron chi connectivity index (χ4n) is 4.20. The van der Waals surface area contributed by atoms with E-state index in [1.54, 1.807) is 0 Å². The van der Waals surface area contributed by atoms with Gasteiger partial charge < -0.3 is 15.2 Å². The lowest BCUT2D eigenvalue weighted by molar-refractivity contribution is -0.160. The van der Waals surface area contributed by atoms with Gasteiger partial charge in [-0.1, -0.05) is 55.0 Å². The van der Waals surface area contributed by atoms with Gasteiger partial charge in [0.25, 0.3) is 5.91 Å². The summed E-state index contributed by atoms with van der Waals surface area (Å²) in [4.78, 5) is 40.9. The molecule has 2 unspecified atom stereocenters. The lowest BCUT2D eigenvalue weighted by atomic mass is 9.79. The maximum atomic E-state index is 12.6. The number of amides is 2. The van der Waals surface area contributed by atoms with E-state index in [0.717, 1.165) is 41.5 Å². The molecule has 0 saturated heterocycles. The van der Waals surface area contributed by atoms with E-state index in [-0.39, 0.29) is 18.4 Å². The van der Waals surface area contributed by atoms with Gasteiger partial charge in [0.1, 0.15) is 12.6 Å². The molecule has 3 N–H and O–H groups in total. The van der Waals surface area contributed by atoms with E-state index >= 15 is 0 Å². The van der Waals surface area contributed by atoms with Crippen LogP contribution < -0.4 is 10.8 Å². The number of hydrogen-bond donors (Lipinski definition) is 3. The van der Waals surface area contributed by atoms with Crippen molar-refractivity contribution < 1.29 is 29.1 Å². The molecule has 0 bridgehead atoms. The van der Waals surface area contributed by atoms with E-state index < -0.39 is 30.1 Å². The maximum absolute atomic E-state index is 12.6. The number of aliphatic carboxylic acids is 1. The first kappa shape index (κ1) is 21.8. The minimum absolute atomic E-state index is 0.0424. The quantitative estimate of drug-likeness (QED) is 0.546. The molecule has 8 nitrogen and oxygen atoms in total. The molecular weight excluding hydrogens is 412 g/mol. The van der Waals surface area contributed by atoms with Crippen LogP contribution in [0, 0.1) is 5.92 Å². The molecule has 2 aromatic carbocycles. The fraction of sp³-hybridized carbons (Fsp3) is 0.375. The molecule has 2 amide bonds. The number of hydrogen-bond acceptors (Lipinski definition) is 5. The third-order valence-electron chi connectivity index (χ3n) is 6.20. The Morgan fingerprint density at radius 3 is 2.16 bits per heavy atom. The topological polar surface area (TPSA) is 114 Å². The van der Waals surface area contributed by atoms with Crippen LogP contribution in [0.2, 0.25) is 0 Å². The SMILES string of the molecule is CC(ONC(=O)C(NC(=O)OCC1c2ccccc2-c2ccccc21)C1CCC1)C(=O)O. The summed E-state index contributed by atoms with van der Waals surface area (Å²) in [5, 5.41) is 11.5. The van der Waals surface area contributed by atoms with Gasteiger partial charge in [-0.25, -0.2) is 15.1 Å². The van der Waals surface area contributed by atoms with Gasteiger partial charge in [0.2, 0.25) is 0 Å². The Bertz CT molecular complexity index is 974. The summed E-state index contributed by atoms with van der Waals surface area (Å²) in [7, 11) is 0. The molecule has 0 aromatic heterocycles. The highest BCUT2D eigenvalue weighted by Crippen LogP contribution is 2.44. The van der Waals surface area contributed by atoms with Gasteiger partial charge in [0.15, 0.2) is 6.10 Å². The highest BCUT2D eigenvalue weighted by molar-refractivity contribution is 5.85. The smallest absolute Gasteiger partial charge is 0.407 e. The summed E-state index contributed by atoms with van der Waals surface area (Å²) < 4.78 is 5.54. The highest BCUT2D eigenvalue weighted by Gasteiger charge is 2.35. The molecule has 8 heteroatoms. The first-order valence-corrected chi connectivity index (χ1v) is 10.8. The second-order valence-electron chi connectivity index (χ2n) is 8.20. The van der Waals surface area contributed by atoms with Crippen molar-refractivity contribution >= 4 is 18.0 Å². The standard InChI is InChI=1S/C24H26N2O6/c1-14(23(28)29)32-26-22(27)21(15-7-6-8-15)25-24(30)31-13-20-18-11-4-2-9-16(18)17-10-3-5-12-19(17)20/h2-5,9-12,14-15,20-21H,6-8,13H2,1H3,(H,25,30)(H,26,27)(H,28,29). The number of carboxylic acids is 1. The Labute approximate surface area is 185 Å². The molecule has 2 aliphatic rings. The van der Waals surface area contributed by atoms with Gasteiger partial charge in [-0.2, -0.15) is 0 Å². The van der Waals surface area contributed by atoms with Crippen molar-refractivity contribution in [3.63, 3.8) is 0 Å². The summed E-state index contributed by atoms with van der Waals surface area (Å²) in [6, 6.07) is 15.2. The van der Waals surface area contributed by atoms with Gasteiger partial charge >= 0.3 is 12.1 Å². The van der Waals surface area contributed by atoms with E-state index in [2.05, 4.69) is 22.9 Å². The summed E-state index contributed by atoms with van der Waals surface area (Å²) >= 11 is 0. The third kappa shape index (κ3) is 4.45. The number of carbonyl (C=O) groups is 3. The average molecular weight is 438 g/mol. The van der Waals surface area contributed by atoms with Gasteiger partial charge in [-0.15, -0.1) is 0 Å². The fourth-order valence-corrected chi connectivity index (χ4v) is 4.20. The number of alkyl carbamates (subject to hydrolysis) is 1. The van der Waals surface area contributed by atoms with Crippen molar-refractivity contribution in [1.29, 1.82) is 0 Å². The Morgan fingerprint density at radius 1 is 1.03 bits per heavy atom. The van der Waals surface area contributed by atoms with Crippen molar-refractivity contribution in [2.24, 2.45) is 5.92 Å². The number of carboxylic acid groups (broad SMARTS) is 1. The van der Waals surface area contributed by atoms with Crippen LogP contribution in [0.4, 0.5) is 4.79 Å². The first-order valence-electron chi connectivity index (χ1n) is 10.8. The molecule has 0 heterocycles. The molecule has 2 aliphatic carbocycles. The van der Waals surface area contributed by atoms with E-state index in [4.69, 9.17) is 14.7 Å². The third-order valence-corrected chi connectivity index (χ3v) is 6.20. The summed E-state index contributed by atoms with van der Waals surface area (Å²) in [5.41, 5.74) is 6.62. The predicted octanol–water partition coefficient (Wildman–Crippen LogP) is 3.21. The molecule has 0 aliphatic heterocycles. The monoisotopic (exact) mass is 438 g/mol. The Hall–Kier alpha value is -3.39. The van der Waals surface area contributed by atoms with Crippen LogP contribution in [-0.4, -0.2) is 41.8 Å². The van der Waals surface area contributed by atoms with Crippen LogP contribution in [0.3, 0.4) is 0 Å². The van der Waals surface area contributed by atoms with Crippen molar-refractivity contribution in [3.8, 4) is 11.1 Å². The second kappa shape index (κ2) is 9.40. The van der Waals surface area contributed by atoms with Gasteiger partial charge in [-0.05, 0) is 47.9 Å². The predicted molar refractivity (Wildman–Crippen MR) is 116 cm³/mol. The Morgan fingerprint density at radius 2 is 1.62 bits per heavy atom. The minimum Gasteiger partial charge on any atom is -0.479 e. The molecule has 1 saturated carbocycles. The lowest BCUT2D eigenvalue weighted by Crippen LogP contribution is -2.53. The van der Waals surface area contributed by atoms with Crippen molar-refractivity contribution in [2.75, 3.05) is 6.61 Å². The zero-order chi connectivity index (χ0) is 22.7. The number of rotatable bonds is 8. The molecular formula is C24H26N2O6. The molecule has 32 heavy (non-hydrogen) atoms. The van der Waals surface area contributed by atoms with Gasteiger partial charge in [-0.3, -0.25) is 9.63 Å². The van der Waals surface area contributed by atoms with E-state index in [0.29, 0.717) is 0 Å². The molecule has 4 rings (SSSR count). The zero-order valence-electron chi connectivity index (χ0n) is 17.7. The van der Waals surface area contributed by atoms with E-state index in [1.807, 2.05) is 36.4 Å². The highest BCUT2D eigenvalue weighted by atomic mass is 16.7. The molecule has 2 aromatic rings. The van der Waals surface area contributed by atoms with Gasteiger partial charge in [0.05, 0.1) is 0 Å². The van der Waals surface area contributed by atoms with Crippen LogP contribution in [0.5, 0.6) is 0 Å². The van der Waals surface area contributed by atoms with Crippen LogP contribution in [0.15, 0.2) is 48.5 Å². The molecule has 0 radical (unpaired) electrons. The van der Waals surface area contributed by atoms with Crippen molar-refractivity contribution in [1.82, 2.24) is 10.8 Å². The van der Waals surface area contributed by atoms with E-state index in [9.17, 15) is 14.4 Å². The number of nitrogens with one attached hydrogen (secondary N) is 2. The molecule has 0 spiro atoms. The lowest BCUT2D eigenvalue weighted by Gasteiger charge is -2.33. The summed E-state index contributed by atoms with van der Waals surface area (Å²) in [5.74, 6) is -1.91. The number of carbonyl (C=O) groups excluding carboxylic acids is 2. The van der Waals surface area contributed by atoms with Crippen LogP contribution in [0.25, 0.3) is 11.1 Å². The number of benzene rings is 2. The van der Waals surface area contributed by atoms with Crippen LogP contribution in [-0.2, 0) is 19.2 Å². The Balaban J connectivity index is 1.39. The molecule has 2 atom stereocenters. The second-order valence-corrected chi connectivity index (χ2v) is 8.20.